The lowest BCUT2D eigenvalue weighted by atomic mass is 9.82. The number of sulfone groups is 1. The van der Waals surface area contributed by atoms with Crippen LogP contribution in [0.5, 0.6) is 0 Å². The van der Waals surface area contributed by atoms with Crippen LogP contribution in [0.2, 0.25) is 0 Å². The maximum Gasteiger partial charge on any atom is 0.296 e. The Morgan fingerprint density at radius 2 is 1.35 bits per heavy atom. The first-order valence-electron chi connectivity index (χ1n) is 22.2. The first-order chi connectivity index (χ1) is 31.7. The molecule has 2 aliphatic carbocycles. The van der Waals surface area contributed by atoms with Gasteiger partial charge >= 0.3 is 0 Å². The zero-order chi connectivity index (χ0) is 50.6. The van der Waals surface area contributed by atoms with Crippen molar-refractivity contribution in [2.24, 2.45) is 29.4 Å². The van der Waals surface area contributed by atoms with Crippen LogP contribution < -0.4 is 32.7 Å². The van der Waals surface area contributed by atoms with Crippen molar-refractivity contribution in [3.63, 3.8) is 0 Å². The Labute approximate surface area is 395 Å². The summed E-state index contributed by atoms with van der Waals surface area (Å²) in [6.07, 6.45) is 0.793. The summed E-state index contributed by atoms with van der Waals surface area (Å²) in [6.45, 7) is 9.41. The number of benzene rings is 3. The number of carbonyl (C=O) groups excluding carboxylic acids is 8. The number of nitrogen functional groups attached to an aromatic ring is 1. The van der Waals surface area contributed by atoms with Crippen molar-refractivity contribution in [1.82, 2.24) is 16.0 Å². The van der Waals surface area contributed by atoms with Gasteiger partial charge in [0, 0.05) is 47.4 Å². The van der Waals surface area contributed by atoms with E-state index in [2.05, 4.69) is 21.3 Å². The average Bonchev–Trinajstić information content (AvgIpc) is 3.77. The molecule has 19 nitrogen and oxygen atoms in total. The predicted octanol–water partition coefficient (Wildman–Crippen LogP) is 3.24. The summed E-state index contributed by atoms with van der Waals surface area (Å²) in [5.74, 6) is -7.39. The Morgan fingerprint density at radius 3 is 1.96 bits per heavy atom. The molecule has 0 spiro atoms. The molecule has 5 rings (SSSR count). The molecule has 7 unspecified atom stereocenters. The summed E-state index contributed by atoms with van der Waals surface area (Å²) in [5, 5.41) is 10.8. The van der Waals surface area contributed by atoms with Crippen molar-refractivity contribution >= 4 is 83.7 Å². The van der Waals surface area contributed by atoms with E-state index in [0.29, 0.717) is 19.3 Å². The van der Waals surface area contributed by atoms with Crippen molar-refractivity contribution in [1.29, 1.82) is 0 Å². The standard InChI is InChI=1S/C47H58N6O13S2/c1-23(2)41(53-47(61)33-17-10-16-32(33)42(56)27(6)51-46(60)25(4)48)36(55)20-24(3)45(59)50-26(5)35(54)18-11-19-67(62,63)29-13-9-12-28(21-29)52-34-22-37(68(64,65)66)40(49)39-38(34)43(57)30-14-7-8-15-31(30)44(39)58/h7-9,12-15,21-27,32-33,41,52H,10-11,16-20,48-49H2,1-6H3,(H,50,59)(H,51,60)(H,53,61)(H,64,65,66). The zero-order valence-corrected chi connectivity index (χ0v) is 40.2. The second-order valence-corrected chi connectivity index (χ2v) is 21.4. The molecule has 3 aromatic rings. The highest BCUT2D eigenvalue weighted by Crippen LogP contribution is 2.40. The minimum absolute atomic E-state index is 0.0239. The Kier molecular flexibility index (Phi) is 16.6. The number of Topliss-reactive ketones (excluding diaryl/α,β-unsaturated/α-hetero) is 3. The molecule has 1 fully saturated rings. The highest BCUT2D eigenvalue weighted by molar-refractivity contribution is 7.91. The van der Waals surface area contributed by atoms with Gasteiger partial charge in [-0.2, -0.15) is 8.42 Å². The van der Waals surface area contributed by atoms with E-state index in [9.17, 15) is 59.7 Å². The van der Waals surface area contributed by atoms with Crippen molar-refractivity contribution in [3.8, 4) is 0 Å². The molecule has 3 aromatic carbocycles. The van der Waals surface area contributed by atoms with Gasteiger partial charge < -0.3 is 32.7 Å². The number of nitrogens with two attached hydrogens (primary N) is 2. The number of hydrogen-bond donors (Lipinski definition) is 7. The molecule has 21 heteroatoms. The molecule has 3 amide bonds. The molecular weight excluding hydrogens is 921 g/mol. The summed E-state index contributed by atoms with van der Waals surface area (Å²) in [6, 6.07) is 8.31. The topological polar surface area (TPSA) is 325 Å². The first kappa shape index (κ1) is 52.8. The van der Waals surface area contributed by atoms with Crippen LogP contribution in [0.15, 0.2) is 64.4 Å². The minimum atomic E-state index is -5.01. The number of rotatable bonds is 21. The first-order valence-corrected chi connectivity index (χ1v) is 25.3. The van der Waals surface area contributed by atoms with Crippen molar-refractivity contribution < 1.29 is 59.7 Å². The van der Waals surface area contributed by atoms with Gasteiger partial charge in [0.1, 0.15) is 4.90 Å². The molecule has 0 saturated heterocycles. The van der Waals surface area contributed by atoms with Crippen LogP contribution in [0.3, 0.4) is 0 Å². The SMILES string of the molecule is CC(N)C(=O)NC(C)C(=O)C1CCCC1C(=O)NC(C(=O)CC(C)C(=O)NC(C)C(=O)CCCS(=O)(=O)c1cccc(Nc2cc(S(=O)(=O)O)c(N)c3c2C(=O)c2ccccc2C3=O)c1)C(C)C. The summed E-state index contributed by atoms with van der Waals surface area (Å²) in [5.41, 5.74) is 10.1. The third-order valence-corrected chi connectivity index (χ3v) is 15.0. The lowest BCUT2D eigenvalue weighted by Crippen LogP contribution is -2.51. The predicted molar refractivity (Wildman–Crippen MR) is 250 cm³/mol. The summed E-state index contributed by atoms with van der Waals surface area (Å²) in [4.78, 5) is 105. The highest BCUT2D eigenvalue weighted by atomic mass is 32.2. The average molecular weight is 979 g/mol. The van der Waals surface area contributed by atoms with Gasteiger partial charge in [-0.25, -0.2) is 8.42 Å². The largest absolute Gasteiger partial charge is 0.397 e. The molecular formula is C47H58N6O13S2. The molecule has 68 heavy (non-hydrogen) atoms. The second-order valence-electron chi connectivity index (χ2n) is 17.9. The fraction of sp³-hybridized carbons (Fsp3) is 0.447. The zero-order valence-electron chi connectivity index (χ0n) is 38.6. The van der Waals surface area contributed by atoms with Crippen LogP contribution in [-0.4, -0.2) is 97.9 Å². The summed E-state index contributed by atoms with van der Waals surface area (Å²) in [7, 11) is -9.08. The van der Waals surface area contributed by atoms with Gasteiger partial charge in [-0.1, -0.05) is 57.5 Å². The monoisotopic (exact) mass is 978 g/mol. The minimum Gasteiger partial charge on any atom is -0.397 e. The number of fused-ring (bicyclic) bond motifs is 2. The molecule has 0 aliphatic heterocycles. The van der Waals surface area contributed by atoms with E-state index < -0.39 is 125 Å². The second kappa shape index (κ2) is 21.4. The molecule has 9 N–H and O–H groups in total. The molecule has 0 aromatic heterocycles. The van der Waals surface area contributed by atoms with Crippen molar-refractivity contribution in [2.45, 2.75) is 114 Å². The van der Waals surface area contributed by atoms with E-state index in [1.165, 1.54) is 76.2 Å². The van der Waals surface area contributed by atoms with E-state index in [4.69, 9.17) is 11.5 Å². The van der Waals surface area contributed by atoms with Crippen LogP contribution in [0.4, 0.5) is 17.1 Å². The smallest absolute Gasteiger partial charge is 0.296 e. The lowest BCUT2D eigenvalue weighted by molar-refractivity contribution is -0.137. The number of anilines is 3. The van der Waals surface area contributed by atoms with E-state index in [1.807, 2.05) is 0 Å². The van der Waals surface area contributed by atoms with Gasteiger partial charge in [0.2, 0.25) is 17.7 Å². The van der Waals surface area contributed by atoms with Crippen LogP contribution in [0, 0.1) is 23.7 Å². The number of ketones is 5. The molecule has 0 radical (unpaired) electrons. The van der Waals surface area contributed by atoms with Crippen LogP contribution in [0.25, 0.3) is 0 Å². The molecule has 2 aliphatic rings. The Hall–Kier alpha value is -6.16. The van der Waals surface area contributed by atoms with Crippen molar-refractivity contribution in [2.75, 3.05) is 16.8 Å². The fourth-order valence-corrected chi connectivity index (χ4v) is 10.5. The maximum absolute atomic E-state index is 13.7. The van der Waals surface area contributed by atoms with Gasteiger partial charge in [0.25, 0.3) is 10.1 Å². The van der Waals surface area contributed by atoms with E-state index in [1.54, 1.807) is 13.8 Å². The maximum atomic E-state index is 13.7. The molecule has 366 valence electrons. The van der Waals surface area contributed by atoms with E-state index in [-0.39, 0.29) is 63.9 Å². The summed E-state index contributed by atoms with van der Waals surface area (Å²) < 4.78 is 61.6. The Bertz CT molecular complexity index is 2770. The number of nitrogens with one attached hydrogen (secondary N) is 4. The third kappa shape index (κ3) is 11.9. The quantitative estimate of drug-likeness (QED) is 0.0465. The van der Waals surface area contributed by atoms with Crippen LogP contribution >= 0.6 is 0 Å². The van der Waals surface area contributed by atoms with Gasteiger partial charge in [-0.05, 0) is 70.2 Å². The van der Waals surface area contributed by atoms with E-state index in [0.717, 1.165) is 6.07 Å². The normalized spacial score (nSPS) is 18.0. The molecule has 7 atom stereocenters. The molecule has 0 heterocycles. The lowest BCUT2D eigenvalue weighted by Gasteiger charge is -2.27. The molecule has 1 saturated carbocycles. The van der Waals surface area contributed by atoms with E-state index >= 15 is 0 Å². The van der Waals surface area contributed by atoms with Crippen LogP contribution in [-0.2, 0) is 48.7 Å². The van der Waals surface area contributed by atoms with Gasteiger partial charge in [0.15, 0.2) is 38.8 Å². The van der Waals surface area contributed by atoms with Gasteiger partial charge in [-0.15, -0.1) is 0 Å². The van der Waals surface area contributed by atoms with Crippen LogP contribution in [0.1, 0.15) is 112 Å². The third-order valence-electron chi connectivity index (χ3n) is 12.3. The van der Waals surface area contributed by atoms with Crippen molar-refractivity contribution in [3.05, 3.63) is 76.9 Å². The Morgan fingerprint density at radius 1 is 0.750 bits per heavy atom. The van der Waals surface area contributed by atoms with Gasteiger partial charge in [0.05, 0.1) is 57.3 Å². The molecule has 0 bridgehead atoms. The number of hydrogen-bond acceptors (Lipinski definition) is 15. The highest BCUT2D eigenvalue weighted by Gasteiger charge is 2.42. The summed E-state index contributed by atoms with van der Waals surface area (Å²) >= 11 is 0. The number of amides is 3. The Balaban J connectivity index is 1.17. The number of carbonyl (C=O) groups is 8. The fourth-order valence-electron chi connectivity index (χ4n) is 8.49. The van der Waals surface area contributed by atoms with Gasteiger partial charge in [-0.3, -0.25) is 42.9 Å².